The number of nitrogens with zero attached hydrogens (tertiary/aromatic N) is 1. The molecule has 0 radical (unpaired) electrons. The molecule has 4 rings (SSSR count). The van der Waals surface area contributed by atoms with Crippen LogP contribution in [0.15, 0.2) is 71.6 Å². The van der Waals surface area contributed by atoms with Gasteiger partial charge in [0.2, 0.25) is 10.0 Å². The minimum atomic E-state index is -3.60. The molecular formula is C22H20ClNO4S. The van der Waals surface area contributed by atoms with Crippen molar-refractivity contribution in [2.45, 2.75) is 17.7 Å². The Morgan fingerprint density at radius 2 is 1.59 bits per heavy atom. The first kappa shape index (κ1) is 19.9. The van der Waals surface area contributed by atoms with Crippen LogP contribution in [0.5, 0.6) is 5.75 Å². The molecule has 0 N–H and O–H groups in total. The highest BCUT2D eigenvalue weighted by atomic mass is 35.5. The molecule has 0 amide bonds. The van der Waals surface area contributed by atoms with Crippen molar-refractivity contribution in [2.75, 3.05) is 13.1 Å². The third kappa shape index (κ3) is 4.29. The van der Waals surface area contributed by atoms with Crippen molar-refractivity contribution < 1.29 is 17.9 Å². The number of halogens is 1. The van der Waals surface area contributed by atoms with Gasteiger partial charge in [-0.25, -0.2) is 8.42 Å². The summed E-state index contributed by atoms with van der Waals surface area (Å²) < 4.78 is 32.9. The Kier molecular flexibility index (Phi) is 5.58. The Morgan fingerprint density at radius 1 is 0.931 bits per heavy atom. The molecule has 29 heavy (non-hydrogen) atoms. The lowest BCUT2D eigenvalue weighted by atomic mass is 9.98. The number of ether oxygens (including phenoxy) is 1. The lowest BCUT2D eigenvalue weighted by molar-refractivity contribution is -0.140. The van der Waals surface area contributed by atoms with Crippen LogP contribution in [-0.4, -0.2) is 31.8 Å². The Bertz CT molecular complexity index is 1140. The molecule has 0 unspecified atom stereocenters. The van der Waals surface area contributed by atoms with Gasteiger partial charge < -0.3 is 4.74 Å². The lowest BCUT2D eigenvalue weighted by Gasteiger charge is -2.30. The second kappa shape index (κ2) is 8.14. The second-order valence-corrected chi connectivity index (χ2v) is 9.44. The summed E-state index contributed by atoms with van der Waals surface area (Å²) in [4.78, 5) is 12.7. The fourth-order valence-electron chi connectivity index (χ4n) is 3.51. The molecule has 1 aliphatic rings. The lowest BCUT2D eigenvalue weighted by Crippen LogP contribution is -2.41. The smallest absolute Gasteiger partial charge is 0.314 e. The number of benzene rings is 3. The number of piperidine rings is 1. The summed E-state index contributed by atoms with van der Waals surface area (Å²) in [6, 6.07) is 19.4. The van der Waals surface area contributed by atoms with Gasteiger partial charge in [0, 0.05) is 18.1 Å². The molecule has 150 valence electrons. The summed E-state index contributed by atoms with van der Waals surface area (Å²) >= 11 is 5.84. The monoisotopic (exact) mass is 429 g/mol. The van der Waals surface area contributed by atoms with E-state index in [9.17, 15) is 13.2 Å². The third-order valence-electron chi connectivity index (χ3n) is 5.18. The van der Waals surface area contributed by atoms with E-state index in [-0.39, 0.29) is 29.9 Å². The standard InChI is InChI=1S/C22H20ClNO4S/c23-19-6-8-20(9-7-19)28-22(25)17-11-13-24(14-12-17)29(26,27)21-10-5-16-3-1-2-4-18(16)15-21/h1-10,15,17H,11-14H2. The van der Waals surface area contributed by atoms with E-state index in [2.05, 4.69) is 0 Å². The number of sulfonamides is 1. The molecular weight excluding hydrogens is 410 g/mol. The highest BCUT2D eigenvalue weighted by molar-refractivity contribution is 7.89. The van der Waals surface area contributed by atoms with Gasteiger partial charge in [0.1, 0.15) is 5.75 Å². The quantitative estimate of drug-likeness (QED) is 0.452. The Balaban J connectivity index is 1.42. The number of carbonyl (C=O) groups excluding carboxylic acids is 1. The predicted octanol–water partition coefficient (Wildman–Crippen LogP) is 4.50. The molecule has 0 bridgehead atoms. The average molecular weight is 430 g/mol. The summed E-state index contributed by atoms with van der Waals surface area (Å²) in [5, 5.41) is 2.45. The van der Waals surface area contributed by atoms with E-state index in [1.165, 1.54) is 4.31 Å². The van der Waals surface area contributed by atoms with Crippen molar-refractivity contribution in [3.63, 3.8) is 0 Å². The van der Waals surface area contributed by atoms with Crippen LogP contribution < -0.4 is 4.74 Å². The molecule has 3 aromatic rings. The molecule has 5 nitrogen and oxygen atoms in total. The highest BCUT2D eigenvalue weighted by Gasteiger charge is 2.33. The van der Waals surface area contributed by atoms with E-state index in [1.807, 2.05) is 30.3 Å². The average Bonchev–Trinajstić information content (AvgIpc) is 2.75. The van der Waals surface area contributed by atoms with E-state index in [0.29, 0.717) is 23.6 Å². The number of esters is 1. The summed E-state index contributed by atoms with van der Waals surface area (Å²) in [7, 11) is -3.60. The van der Waals surface area contributed by atoms with E-state index in [4.69, 9.17) is 16.3 Å². The summed E-state index contributed by atoms with van der Waals surface area (Å²) in [5.74, 6) is -0.227. The molecule has 0 atom stereocenters. The van der Waals surface area contributed by atoms with Gasteiger partial charge in [0.25, 0.3) is 0 Å². The van der Waals surface area contributed by atoms with Crippen LogP contribution >= 0.6 is 11.6 Å². The minimum absolute atomic E-state index is 0.276. The minimum Gasteiger partial charge on any atom is -0.426 e. The van der Waals surface area contributed by atoms with Crippen LogP contribution in [0.3, 0.4) is 0 Å². The number of rotatable bonds is 4. The van der Waals surface area contributed by atoms with Gasteiger partial charge in [-0.15, -0.1) is 0 Å². The Labute approximate surface area is 174 Å². The number of carbonyl (C=O) groups is 1. The SMILES string of the molecule is O=C(Oc1ccc(Cl)cc1)C1CCN(S(=O)(=O)c2ccc3ccccc3c2)CC1. The van der Waals surface area contributed by atoms with Gasteiger partial charge in [0.05, 0.1) is 10.8 Å². The fraction of sp³-hybridized carbons (Fsp3) is 0.227. The van der Waals surface area contributed by atoms with Crippen molar-refractivity contribution in [3.8, 4) is 5.75 Å². The van der Waals surface area contributed by atoms with Crippen LogP contribution in [0.2, 0.25) is 5.02 Å². The molecule has 0 spiro atoms. The number of hydrogen-bond acceptors (Lipinski definition) is 4. The second-order valence-electron chi connectivity index (χ2n) is 7.06. The molecule has 0 aliphatic carbocycles. The Hall–Kier alpha value is -2.41. The molecule has 1 heterocycles. The zero-order valence-corrected chi connectivity index (χ0v) is 17.2. The molecule has 0 aromatic heterocycles. The van der Waals surface area contributed by atoms with Crippen LogP contribution in [0.4, 0.5) is 0 Å². The van der Waals surface area contributed by atoms with Crippen LogP contribution in [0.25, 0.3) is 10.8 Å². The van der Waals surface area contributed by atoms with Gasteiger partial charge in [-0.1, -0.05) is 41.9 Å². The van der Waals surface area contributed by atoms with E-state index < -0.39 is 10.0 Å². The van der Waals surface area contributed by atoms with Crippen molar-refractivity contribution in [1.29, 1.82) is 0 Å². The zero-order valence-electron chi connectivity index (χ0n) is 15.6. The molecule has 1 aliphatic heterocycles. The zero-order chi connectivity index (χ0) is 20.4. The first-order chi connectivity index (χ1) is 13.9. The summed E-state index contributed by atoms with van der Waals surface area (Å²) in [5.41, 5.74) is 0. The van der Waals surface area contributed by atoms with Crippen LogP contribution in [-0.2, 0) is 14.8 Å². The van der Waals surface area contributed by atoms with Crippen molar-refractivity contribution in [3.05, 3.63) is 71.8 Å². The Morgan fingerprint density at radius 3 is 2.28 bits per heavy atom. The fourth-order valence-corrected chi connectivity index (χ4v) is 5.14. The van der Waals surface area contributed by atoms with Gasteiger partial charge in [-0.3, -0.25) is 4.79 Å². The van der Waals surface area contributed by atoms with Gasteiger partial charge in [-0.2, -0.15) is 4.31 Å². The topological polar surface area (TPSA) is 63.7 Å². The molecule has 7 heteroatoms. The van der Waals surface area contributed by atoms with Gasteiger partial charge in [0.15, 0.2) is 0 Å². The molecule has 1 saturated heterocycles. The first-order valence-corrected chi connectivity index (χ1v) is 11.2. The third-order valence-corrected chi connectivity index (χ3v) is 7.32. The summed E-state index contributed by atoms with van der Waals surface area (Å²) in [6.07, 6.45) is 0.860. The highest BCUT2D eigenvalue weighted by Crippen LogP contribution is 2.27. The van der Waals surface area contributed by atoms with Crippen molar-refractivity contribution in [2.24, 2.45) is 5.92 Å². The maximum atomic E-state index is 13.0. The van der Waals surface area contributed by atoms with E-state index >= 15 is 0 Å². The normalized spacial score (nSPS) is 16.0. The molecule has 1 fully saturated rings. The van der Waals surface area contributed by atoms with Gasteiger partial charge in [-0.05, 0) is 60.0 Å². The number of hydrogen-bond donors (Lipinski definition) is 0. The van der Waals surface area contributed by atoms with Gasteiger partial charge >= 0.3 is 5.97 Å². The first-order valence-electron chi connectivity index (χ1n) is 9.40. The molecule has 3 aromatic carbocycles. The summed E-state index contributed by atoms with van der Waals surface area (Å²) in [6.45, 7) is 0.574. The van der Waals surface area contributed by atoms with Crippen molar-refractivity contribution in [1.82, 2.24) is 4.31 Å². The molecule has 0 saturated carbocycles. The largest absolute Gasteiger partial charge is 0.426 e. The predicted molar refractivity (Wildman–Crippen MR) is 113 cm³/mol. The maximum absolute atomic E-state index is 13.0. The van der Waals surface area contributed by atoms with Crippen LogP contribution in [0.1, 0.15) is 12.8 Å². The van der Waals surface area contributed by atoms with E-state index in [1.54, 1.807) is 36.4 Å². The van der Waals surface area contributed by atoms with Crippen molar-refractivity contribution >= 4 is 38.4 Å². The van der Waals surface area contributed by atoms with Crippen LogP contribution in [0, 0.1) is 5.92 Å². The number of fused-ring (bicyclic) bond motifs is 1. The van der Waals surface area contributed by atoms with E-state index in [0.717, 1.165) is 10.8 Å². The maximum Gasteiger partial charge on any atom is 0.314 e.